The lowest BCUT2D eigenvalue weighted by Gasteiger charge is -2.20. The Hall–Kier alpha value is -0.0851. The smallest absolute Gasteiger partial charge is 0.388 e. The van der Waals surface area contributed by atoms with E-state index in [-0.39, 0.29) is 13.0 Å². The Labute approximate surface area is 136 Å². The molecule has 0 aromatic carbocycles. The van der Waals surface area contributed by atoms with Crippen LogP contribution >= 0.6 is 23.5 Å². The second-order valence-corrected chi connectivity index (χ2v) is 8.61. The fourth-order valence-corrected chi connectivity index (χ4v) is 4.62. The largest absolute Gasteiger partial charge is 0.490 e. The van der Waals surface area contributed by atoms with Crippen molar-refractivity contribution in [2.75, 3.05) is 6.54 Å². The molecular weight excluding hydrogens is 394 g/mol. The Balaban J connectivity index is 2.65. The molecule has 1 radical (unpaired) electrons. The highest BCUT2D eigenvalue weighted by molar-refractivity contribution is 7.66. The molecule has 13 nitrogen and oxygen atoms in total. The van der Waals surface area contributed by atoms with Gasteiger partial charge >= 0.3 is 23.5 Å². The molecule has 137 valence electrons. The molecule has 5 atom stereocenters. The Morgan fingerprint density at radius 3 is 2.33 bits per heavy atom. The molecule has 7 N–H and O–H groups in total. The maximum absolute atomic E-state index is 11.6. The third-order valence-corrected chi connectivity index (χ3v) is 6.02. The molecule has 17 heteroatoms. The van der Waals surface area contributed by atoms with Gasteiger partial charge in [0.15, 0.2) is 6.29 Å². The fraction of sp³-hybridized carbons (Fsp3) is 0.714. The van der Waals surface area contributed by atoms with Gasteiger partial charge in [0.2, 0.25) is 0 Å². The summed E-state index contributed by atoms with van der Waals surface area (Å²) in [6, 6.07) is -0.781. The number of phosphoric ester groups is 1. The molecule has 0 amide bonds. The number of ether oxygens (including phenoxy) is 1. The molecule has 0 aliphatic carbocycles. The van der Waals surface area contributed by atoms with E-state index in [0.29, 0.717) is 0 Å². The van der Waals surface area contributed by atoms with Crippen LogP contribution in [-0.2, 0) is 31.6 Å². The average molecular weight is 408 g/mol. The Morgan fingerprint density at radius 1 is 1.17 bits per heavy atom. The minimum absolute atomic E-state index is 0.0698. The van der Waals surface area contributed by atoms with Gasteiger partial charge in [-0.05, 0) is 6.42 Å². The quantitative estimate of drug-likeness (QED) is 0.159. The highest BCUT2D eigenvalue weighted by Crippen LogP contribution is 2.66. The molecule has 0 bridgehead atoms. The lowest BCUT2D eigenvalue weighted by Crippen LogP contribution is -2.23. The van der Waals surface area contributed by atoms with Gasteiger partial charge in [-0.3, -0.25) is 4.52 Å². The summed E-state index contributed by atoms with van der Waals surface area (Å²) in [5.74, 6) is 4.99. The zero-order chi connectivity index (χ0) is 18.6. The van der Waals surface area contributed by atoms with Crippen molar-refractivity contribution in [2.45, 2.75) is 24.8 Å². The Morgan fingerprint density at radius 2 is 1.79 bits per heavy atom. The van der Waals surface area contributed by atoms with E-state index in [4.69, 9.17) is 25.2 Å². The first-order chi connectivity index (χ1) is 10.8. The highest BCUT2D eigenvalue weighted by Gasteiger charge is 2.45. The molecule has 0 aromatic rings. The maximum Gasteiger partial charge on any atom is 0.490 e. The van der Waals surface area contributed by atoms with E-state index >= 15 is 0 Å². The van der Waals surface area contributed by atoms with E-state index in [9.17, 15) is 23.7 Å². The molecule has 0 spiro atoms. The van der Waals surface area contributed by atoms with Crippen LogP contribution in [0.25, 0.3) is 0 Å². The van der Waals surface area contributed by atoms with Crippen LogP contribution in [0.2, 0.25) is 0 Å². The number of rotatable bonds is 7. The van der Waals surface area contributed by atoms with E-state index in [0.717, 1.165) is 0 Å². The zero-order valence-electron chi connectivity index (χ0n) is 11.7. The number of phosphoric acid groups is 3. The summed E-state index contributed by atoms with van der Waals surface area (Å²) in [5, 5.41) is 9.65. The molecule has 1 aliphatic rings. The van der Waals surface area contributed by atoms with Crippen molar-refractivity contribution < 1.29 is 56.3 Å². The van der Waals surface area contributed by atoms with Crippen molar-refractivity contribution in [3.8, 4) is 11.7 Å². The summed E-state index contributed by atoms with van der Waals surface area (Å²) in [7, 11) is -15.2. The van der Waals surface area contributed by atoms with Crippen LogP contribution in [0.15, 0.2) is 0 Å². The molecule has 24 heavy (non-hydrogen) atoms. The molecule has 1 saturated heterocycles. The van der Waals surface area contributed by atoms with Crippen LogP contribution in [0, 0.1) is 11.7 Å². The molecule has 1 aliphatic heterocycles. The van der Waals surface area contributed by atoms with E-state index in [2.05, 4.69) is 24.9 Å². The van der Waals surface area contributed by atoms with Gasteiger partial charge in [-0.25, -0.2) is 13.7 Å². The van der Waals surface area contributed by atoms with Gasteiger partial charge < -0.3 is 35.2 Å². The summed E-state index contributed by atoms with van der Waals surface area (Å²) >= 11 is 0. The van der Waals surface area contributed by atoms with Crippen molar-refractivity contribution in [2.24, 2.45) is 5.73 Å². The van der Waals surface area contributed by atoms with E-state index in [1.165, 1.54) is 7.28 Å². The summed E-state index contributed by atoms with van der Waals surface area (Å²) in [6.07, 6.45) is -3.20. The number of aliphatic hydroxyl groups is 1. The number of aliphatic hydroxyl groups excluding tert-OH is 1. The first kappa shape index (κ1) is 22.0. The second kappa shape index (κ2) is 8.53. The van der Waals surface area contributed by atoms with Crippen LogP contribution in [0.4, 0.5) is 0 Å². The molecule has 0 aromatic heterocycles. The monoisotopic (exact) mass is 408 g/mol. The van der Waals surface area contributed by atoms with Crippen LogP contribution in [0.1, 0.15) is 6.42 Å². The van der Waals surface area contributed by atoms with Crippen molar-refractivity contribution >= 4 is 30.7 Å². The van der Waals surface area contributed by atoms with Gasteiger partial charge in [0.05, 0.1) is 6.54 Å². The normalized spacial score (nSPS) is 29.2. The lowest BCUT2D eigenvalue weighted by molar-refractivity contribution is -0.107. The Bertz CT molecular complexity index is 640. The van der Waals surface area contributed by atoms with Gasteiger partial charge in [-0.2, -0.15) is 14.4 Å². The van der Waals surface area contributed by atoms with Gasteiger partial charge in [-0.15, -0.1) is 5.92 Å². The van der Waals surface area contributed by atoms with Crippen molar-refractivity contribution in [3.63, 3.8) is 0 Å². The SMILES string of the molecule is NCC#C[B][C@H]1CC(O)[C@@H](OP(=O)(O)OP(=O)(O)OP(=O)(O)O)O1. The summed E-state index contributed by atoms with van der Waals surface area (Å²) in [6.45, 7) is 0.0801. The van der Waals surface area contributed by atoms with Crippen LogP contribution < -0.4 is 5.73 Å². The summed E-state index contributed by atoms with van der Waals surface area (Å²) < 4.78 is 49.7. The maximum atomic E-state index is 11.6. The molecule has 3 unspecified atom stereocenters. The topological polar surface area (TPSA) is 215 Å². The zero-order valence-corrected chi connectivity index (χ0v) is 14.4. The first-order valence-corrected chi connectivity index (χ1v) is 10.5. The van der Waals surface area contributed by atoms with Crippen molar-refractivity contribution in [1.82, 2.24) is 0 Å². The first-order valence-electron chi connectivity index (χ1n) is 6.01. The number of hydrogen-bond donors (Lipinski definition) is 6. The lowest BCUT2D eigenvalue weighted by atomic mass is 9.71. The molecular formula is C7H14BNO12P3. The average Bonchev–Trinajstić information content (AvgIpc) is 2.64. The van der Waals surface area contributed by atoms with Crippen LogP contribution in [-0.4, -0.2) is 56.9 Å². The molecule has 1 heterocycles. The fourth-order valence-electron chi connectivity index (χ4n) is 1.51. The van der Waals surface area contributed by atoms with Gasteiger partial charge in [0, 0.05) is 6.00 Å². The van der Waals surface area contributed by atoms with E-state index in [1.807, 2.05) is 0 Å². The minimum Gasteiger partial charge on any atom is -0.388 e. The molecule has 0 saturated carbocycles. The van der Waals surface area contributed by atoms with Crippen molar-refractivity contribution in [1.29, 1.82) is 0 Å². The van der Waals surface area contributed by atoms with Gasteiger partial charge in [0.25, 0.3) is 7.28 Å². The Kier molecular flexibility index (Phi) is 7.81. The predicted molar refractivity (Wildman–Crippen MR) is 76.8 cm³/mol. The summed E-state index contributed by atoms with van der Waals surface area (Å²) in [5.41, 5.74) is 5.14. The molecule has 1 fully saturated rings. The van der Waals surface area contributed by atoms with E-state index < -0.39 is 41.9 Å². The van der Waals surface area contributed by atoms with Gasteiger partial charge in [0.1, 0.15) is 6.10 Å². The van der Waals surface area contributed by atoms with Gasteiger partial charge in [-0.1, -0.05) is 0 Å². The minimum atomic E-state index is -5.63. The molecule has 1 rings (SSSR count). The number of nitrogens with two attached hydrogens (primary N) is 1. The van der Waals surface area contributed by atoms with Crippen molar-refractivity contribution in [3.05, 3.63) is 0 Å². The van der Waals surface area contributed by atoms with Crippen LogP contribution in [0.5, 0.6) is 0 Å². The third-order valence-electron chi connectivity index (χ3n) is 2.22. The van der Waals surface area contributed by atoms with E-state index in [1.54, 1.807) is 0 Å². The standard InChI is InChI=1S/C7H14BNO12P3/c9-3-1-2-8-6-4-5(10)7(18-6)19-23(14,15)21-24(16,17)20-22(11,12)13/h5-7,10H,3-4,9H2,(H,14,15)(H,16,17)(H2,11,12,13)/t5?,6-,7-/m1/s1. The predicted octanol–water partition coefficient (Wildman–Crippen LogP) is -1.61. The third kappa shape index (κ3) is 8.33. The number of hydrogen-bond acceptors (Lipinski definition) is 9. The second-order valence-electron chi connectivity index (χ2n) is 4.23. The summed E-state index contributed by atoms with van der Waals surface area (Å²) in [4.78, 5) is 35.1. The highest BCUT2D eigenvalue weighted by atomic mass is 31.3. The van der Waals surface area contributed by atoms with Crippen LogP contribution in [0.3, 0.4) is 0 Å².